The first-order valence-corrected chi connectivity index (χ1v) is 12.7. The van der Waals surface area contributed by atoms with Crippen molar-refractivity contribution in [1.29, 1.82) is 0 Å². The molecule has 1 aliphatic heterocycles. The molecule has 3 N–H and O–H groups in total. The predicted molar refractivity (Wildman–Crippen MR) is 147 cm³/mol. The maximum atomic E-state index is 13.0. The lowest BCUT2D eigenvalue weighted by molar-refractivity contribution is -0.132. The van der Waals surface area contributed by atoms with Gasteiger partial charge in [-0.2, -0.15) is 5.10 Å². The second-order valence-corrected chi connectivity index (χ2v) is 9.90. The van der Waals surface area contributed by atoms with Gasteiger partial charge < -0.3 is 20.4 Å². The third kappa shape index (κ3) is 5.43. The van der Waals surface area contributed by atoms with Gasteiger partial charge in [-0.25, -0.2) is 4.52 Å². The molecule has 188 valence electrons. The van der Waals surface area contributed by atoms with E-state index in [9.17, 15) is 15.0 Å². The van der Waals surface area contributed by atoms with E-state index in [1.807, 2.05) is 48.2 Å². The number of nitrogens with one attached hydrogen (secondary N) is 1. The van der Waals surface area contributed by atoms with Crippen molar-refractivity contribution in [3.05, 3.63) is 71.9 Å². The summed E-state index contributed by atoms with van der Waals surface area (Å²) in [4.78, 5) is 14.9. The van der Waals surface area contributed by atoms with Crippen LogP contribution in [0.3, 0.4) is 0 Å². The number of pyridine rings is 1. The summed E-state index contributed by atoms with van der Waals surface area (Å²) in [5.41, 5.74) is 4.71. The zero-order valence-electron chi connectivity index (χ0n) is 21.0. The van der Waals surface area contributed by atoms with Crippen LogP contribution >= 0.6 is 0 Å². The maximum Gasteiger partial charge on any atom is 0.222 e. The summed E-state index contributed by atoms with van der Waals surface area (Å²) >= 11 is 0. The Kier molecular flexibility index (Phi) is 7.08. The third-order valence-corrected chi connectivity index (χ3v) is 7.16. The van der Waals surface area contributed by atoms with Crippen molar-refractivity contribution in [2.24, 2.45) is 5.92 Å². The Balaban J connectivity index is 1.26. The van der Waals surface area contributed by atoms with Crippen LogP contribution in [-0.2, 0) is 11.2 Å². The molecule has 2 radical (unpaired) electrons. The van der Waals surface area contributed by atoms with Gasteiger partial charge in [0, 0.05) is 37.8 Å². The molecule has 2 aromatic heterocycles. The number of likely N-dealkylation sites (tertiary alicyclic amines) is 1. The van der Waals surface area contributed by atoms with Gasteiger partial charge in [-0.15, -0.1) is 0 Å². The van der Waals surface area contributed by atoms with E-state index in [2.05, 4.69) is 10.4 Å². The number of nitrogens with zero attached hydrogens (tertiary/aromatic N) is 3. The molecule has 0 aliphatic carbocycles. The molecule has 1 amide bonds. The number of amides is 1. The fourth-order valence-electron chi connectivity index (χ4n) is 5.10. The molecule has 2 aromatic carbocycles. The van der Waals surface area contributed by atoms with Crippen LogP contribution < -0.4 is 10.8 Å². The Morgan fingerprint density at radius 2 is 1.97 bits per heavy atom. The minimum absolute atomic E-state index is 0.119. The molecule has 8 heteroatoms. The van der Waals surface area contributed by atoms with E-state index in [1.165, 1.54) is 0 Å². The van der Waals surface area contributed by atoms with Gasteiger partial charge in [-0.05, 0) is 73.1 Å². The van der Waals surface area contributed by atoms with Crippen LogP contribution in [0.5, 0.6) is 11.5 Å². The maximum absolute atomic E-state index is 13.0. The molecular formula is C29H31BN4O3. The van der Waals surface area contributed by atoms with Crippen LogP contribution in [0.4, 0.5) is 5.82 Å². The number of piperidine rings is 1. The molecule has 4 aromatic rings. The summed E-state index contributed by atoms with van der Waals surface area (Å²) in [6, 6.07) is 16.7. The fourth-order valence-corrected chi connectivity index (χ4v) is 5.10. The van der Waals surface area contributed by atoms with Gasteiger partial charge in [0.25, 0.3) is 0 Å². The topological polar surface area (TPSA) is 90.1 Å². The van der Waals surface area contributed by atoms with E-state index in [4.69, 9.17) is 7.85 Å². The minimum Gasteiger partial charge on any atom is -0.508 e. The average Bonchev–Trinajstić information content (AvgIpc) is 3.27. The predicted octanol–water partition coefficient (Wildman–Crippen LogP) is 3.80. The minimum atomic E-state index is 0.119. The summed E-state index contributed by atoms with van der Waals surface area (Å²) in [6.45, 7) is 4.07. The van der Waals surface area contributed by atoms with Crippen molar-refractivity contribution in [3.8, 4) is 22.6 Å². The summed E-state index contributed by atoms with van der Waals surface area (Å²) in [6.07, 6.45) is 4.52. The highest BCUT2D eigenvalue weighted by Gasteiger charge is 2.24. The Bertz CT molecular complexity index is 1430. The van der Waals surface area contributed by atoms with Gasteiger partial charge in [0.2, 0.25) is 5.91 Å². The lowest BCUT2D eigenvalue weighted by Gasteiger charge is -2.33. The molecule has 0 saturated carbocycles. The van der Waals surface area contributed by atoms with Crippen LogP contribution in [0.1, 0.15) is 30.4 Å². The highest BCUT2D eigenvalue weighted by Crippen LogP contribution is 2.31. The van der Waals surface area contributed by atoms with Gasteiger partial charge in [0.1, 0.15) is 25.2 Å². The van der Waals surface area contributed by atoms with Crippen LogP contribution in [0.25, 0.3) is 16.6 Å². The number of aromatic nitrogens is 2. The SMILES string of the molecule is [B]c1cnn2c(NCC3CCCN(C(=O)CCc4ccc(C)cc4O)C3)cc(-c3ccccc3O)cc12. The van der Waals surface area contributed by atoms with E-state index < -0.39 is 0 Å². The Morgan fingerprint density at radius 3 is 2.78 bits per heavy atom. The molecule has 1 atom stereocenters. The molecule has 1 saturated heterocycles. The lowest BCUT2D eigenvalue weighted by atomic mass is 9.96. The molecular weight excluding hydrogens is 463 g/mol. The number of phenolic OH excluding ortho intramolecular Hbond substituents is 2. The molecule has 0 bridgehead atoms. The number of phenols is 2. The quantitative estimate of drug-likeness (QED) is 0.340. The smallest absolute Gasteiger partial charge is 0.222 e. The second-order valence-electron chi connectivity index (χ2n) is 9.90. The number of para-hydroxylation sites is 1. The van der Waals surface area contributed by atoms with E-state index in [0.717, 1.165) is 53.0 Å². The standard InChI is InChI=1S/C29H31BN4O3/c1-19-8-9-21(27(36)13-19)10-11-29(37)33-12-4-5-20(18-33)16-31-28-15-22(23-6-2-3-7-26(23)35)14-25-24(30)17-32-34(25)28/h2-3,6-9,13-15,17,20,31,35-36H,4-5,10-12,16,18H2,1H3. The second kappa shape index (κ2) is 10.6. The number of carbonyl (C=O) groups excluding carboxylic acids is 1. The van der Waals surface area contributed by atoms with Crippen molar-refractivity contribution >= 4 is 30.6 Å². The van der Waals surface area contributed by atoms with Gasteiger partial charge in [-0.1, -0.05) is 35.8 Å². The van der Waals surface area contributed by atoms with E-state index in [0.29, 0.717) is 37.3 Å². The van der Waals surface area contributed by atoms with Gasteiger partial charge in [-0.3, -0.25) is 4.79 Å². The number of hydrogen-bond acceptors (Lipinski definition) is 5. The number of benzene rings is 2. The summed E-state index contributed by atoms with van der Waals surface area (Å²) in [7, 11) is 6.17. The Morgan fingerprint density at radius 1 is 1.14 bits per heavy atom. The number of anilines is 1. The number of rotatable bonds is 7. The average molecular weight is 494 g/mol. The first-order valence-electron chi connectivity index (χ1n) is 12.7. The first-order chi connectivity index (χ1) is 17.9. The number of carbonyl (C=O) groups is 1. The van der Waals surface area contributed by atoms with Crippen molar-refractivity contribution in [3.63, 3.8) is 0 Å². The number of fused-ring (bicyclic) bond motifs is 1. The fraction of sp³-hybridized carbons (Fsp3) is 0.310. The number of hydrogen-bond donors (Lipinski definition) is 3. The molecule has 0 spiro atoms. The van der Waals surface area contributed by atoms with Crippen LogP contribution in [-0.4, -0.2) is 58.1 Å². The Hall–Kier alpha value is -3.94. The van der Waals surface area contributed by atoms with E-state index in [-0.39, 0.29) is 17.4 Å². The van der Waals surface area contributed by atoms with Gasteiger partial charge >= 0.3 is 0 Å². The number of aromatic hydroxyl groups is 2. The van der Waals surface area contributed by atoms with Crippen molar-refractivity contribution in [1.82, 2.24) is 14.5 Å². The van der Waals surface area contributed by atoms with Crippen LogP contribution in [0.15, 0.2) is 60.8 Å². The first kappa shape index (κ1) is 24.7. The molecule has 7 nitrogen and oxygen atoms in total. The summed E-state index contributed by atoms with van der Waals surface area (Å²) < 4.78 is 1.78. The highest BCUT2D eigenvalue weighted by molar-refractivity contribution is 6.36. The largest absolute Gasteiger partial charge is 0.508 e. The number of aryl methyl sites for hydroxylation is 2. The molecule has 5 rings (SSSR count). The normalized spacial score (nSPS) is 15.7. The van der Waals surface area contributed by atoms with E-state index >= 15 is 0 Å². The van der Waals surface area contributed by atoms with E-state index in [1.54, 1.807) is 28.9 Å². The Labute approximate surface area is 218 Å². The van der Waals surface area contributed by atoms with Crippen LogP contribution in [0, 0.1) is 12.8 Å². The van der Waals surface area contributed by atoms with Crippen LogP contribution in [0.2, 0.25) is 0 Å². The third-order valence-electron chi connectivity index (χ3n) is 7.16. The van der Waals surface area contributed by atoms with Crippen molar-refractivity contribution < 1.29 is 15.0 Å². The lowest BCUT2D eigenvalue weighted by Crippen LogP contribution is -2.42. The van der Waals surface area contributed by atoms with Crippen molar-refractivity contribution in [2.75, 3.05) is 25.0 Å². The van der Waals surface area contributed by atoms with Gasteiger partial charge in [0.05, 0.1) is 5.52 Å². The molecule has 3 heterocycles. The molecule has 1 unspecified atom stereocenters. The highest BCUT2D eigenvalue weighted by atomic mass is 16.3. The van der Waals surface area contributed by atoms with Gasteiger partial charge in [0.15, 0.2) is 0 Å². The summed E-state index contributed by atoms with van der Waals surface area (Å²) in [5, 5.41) is 28.5. The zero-order valence-corrected chi connectivity index (χ0v) is 21.0. The zero-order chi connectivity index (χ0) is 25.9. The van der Waals surface area contributed by atoms with Crippen molar-refractivity contribution in [2.45, 2.75) is 32.6 Å². The monoisotopic (exact) mass is 494 g/mol. The molecule has 1 aliphatic rings. The summed E-state index contributed by atoms with van der Waals surface area (Å²) in [5.74, 6) is 1.66. The molecule has 1 fully saturated rings. The molecule has 37 heavy (non-hydrogen) atoms.